The predicted molar refractivity (Wildman–Crippen MR) is 88.2 cm³/mol. The number of nitrogens with one attached hydrogen (secondary N) is 1. The molecule has 0 radical (unpaired) electrons. The predicted octanol–water partition coefficient (Wildman–Crippen LogP) is 4.42. The maximum atomic E-state index is 12.8. The van der Waals surface area contributed by atoms with Crippen molar-refractivity contribution in [3.05, 3.63) is 65.7 Å². The number of hydrogen-bond donors (Lipinski definition) is 1. The van der Waals surface area contributed by atoms with E-state index in [1.807, 2.05) is 18.2 Å². The Balaban J connectivity index is 1.48. The van der Waals surface area contributed by atoms with Crippen LogP contribution in [0.1, 0.15) is 17.0 Å². The van der Waals surface area contributed by atoms with E-state index in [9.17, 15) is 13.2 Å². The van der Waals surface area contributed by atoms with Crippen LogP contribution in [0.15, 0.2) is 53.1 Å². The Hall–Kier alpha value is -3.16. The van der Waals surface area contributed by atoms with Crippen LogP contribution in [0.3, 0.4) is 0 Å². The summed E-state index contributed by atoms with van der Waals surface area (Å²) in [7, 11) is 0. The smallest absolute Gasteiger partial charge is 0.416 e. The number of aryl methyl sites for hydroxylation is 2. The minimum Gasteiger partial charge on any atom is -0.421 e. The molecule has 0 atom stereocenters. The summed E-state index contributed by atoms with van der Waals surface area (Å²) in [5, 5.41) is 15.7. The standard InChI is InChI=1S/C18H13F3N4O/c19-18(20,21)14-3-1-2-11(8-14)4-7-16-24-25-17(26-16)12-5-6-15-13(9-12)10-22-23-15/h1-3,5-6,8-10H,4,7H2,(H,22,23). The third kappa shape index (κ3) is 3.30. The van der Waals surface area contributed by atoms with Crippen molar-refractivity contribution in [2.24, 2.45) is 0 Å². The molecule has 4 rings (SSSR count). The van der Waals surface area contributed by atoms with E-state index < -0.39 is 11.7 Å². The summed E-state index contributed by atoms with van der Waals surface area (Å²) < 4.78 is 43.9. The van der Waals surface area contributed by atoms with Gasteiger partial charge in [-0.15, -0.1) is 10.2 Å². The maximum absolute atomic E-state index is 12.8. The molecule has 0 saturated heterocycles. The molecule has 0 fully saturated rings. The molecule has 0 bridgehead atoms. The monoisotopic (exact) mass is 358 g/mol. The minimum atomic E-state index is -4.35. The highest BCUT2D eigenvalue weighted by Crippen LogP contribution is 2.30. The van der Waals surface area contributed by atoms with Gasteiger partial charge < -0.3 is 4.42 Å². The van der Waals surface area contributed by atoms with Crippen LogP contribution in [0, 0.1) is 0 Å². The second kappa shape index (κ2) is 6.29. The van der Waals surface area contributed by atoms with Crippen molar-refractivity contribution in [1.82, 2.24) is 20.4 Å². The molecule has 0 aliphatic heterocycles. The number of rotatable bonds is 4. The van der Waals surface area contributed by atoms with E-state index in [1.54, 1.807) is 12.3 Å². The van der Waals surface area contributed by atoms with Crippen molar-refractivity contribution in [3.63, 3.8) is 0 Å². The van der Waals surface area contributed by atoms with Crippen LogP contribution in [0.5, 0.6) is 0 Å². The normalized spacial score (nSPS) is 12.0. The van der Waals surface area contributed by atoms with Gasteiger partial charge in [0.05, 0.1) is 17.3 Å². The molecule has 2 aromatic carbocycles. The summed E-state index contributed by atoms with van der Waals surface area (Å²) in [5.41, 5.74) is 1.57. The molecular weight excluding hydrogens is 345 g/mol. The van der Waals surface area contributed by atoms with Crippen molar-refractivity contribution in [2.75, 3.05) is 0 Å². The molecule has 1 N–H and O–H groups in total. The Kier molecular flexibility index (Phi) is 3.95. The summed E-state index contributed by atoms with van der Waals surface area (Å²) >= 11 is 0. The van der Waals surface area contributed by atoms with E-state index in [1.165, 1.54) is 6.07 Å². The number of fused-ring (bicyclic) bond motifs is 1. The lowest BCUT2D eigenvalue weighted by Crippen LogP contribution is -2.05. The zero-order chi connectivity index (χ0) is 18.1. The van der Waals surface area contributed by atoms with Crippen LogP contribution in [0.4, 0.5) is 13.2 Å². The highest BCUT2D eigenvalue weighted by Gasteiger charge is 2.30. The first kappa shape index (κ1) is 16.3. The Morgan fingerprint density at radius 1 is 1.00 bits per heavy atom. The molecule has 0 aliphatic carbocycles. The molecule has 2 heterocycles. The first-order valence-electron chi connectivity index (χ1n) is 7.91. The van der Waals surface area contributed by atoms with Gasteiger partial charge in [0, 0.05) is 17.4 Å². The van der Waals surface area contributed by atoms with Gasteiger partial charge in [0.2, 0.25) is 11.8 Å². The Morgan fingerprint density at radius 2 is 1.88 bits per heavy atom. The first-order chi connectivity index (χ1) is 12.5. The van der Waals surface area contributed by atoms with Gasteiger partial charge in [0.15, 0.2) is 0 Å². The van der Waals surface area contributed by atoms with Crippen LogP contribution >= 0.6 is 0 Å². The Bertz CT molecular complexity index is 1050. The lowest BCUT2D eigenvalue weighted by atomic mass is 10.1. The molecule has 0 aliphatic rings. The number of aromatic nitrogens is 4. The van der Waals surface area contributed by atoms with E-state index in [4.69, 9.17) is 4.42 Å². The van der Waals surface area contributed by atoms with Gasteiger partial charge in [-0.3, -0.25) is 5.10 Å². The number of halogens is 3. The zero-order valence-electron chi connectivity index (χ0n) is 13.4. The molecule has 4 aromatic rings. The molecule has 26 heavy (non-hydrogen) atoms. The van der Waals surface area contributed by atoms with Crippen LogP contribution in [0.25, 0.3) is 22.4 Å². The first-order valence-corrected chi connectivity index (χ1v) is 7.91. The maximum Gasteiger partial charge on any atom is 0.416 e. The fraction of sp³-hybridized carbons (Fsp3) is 0.167. The van der Waals surface area contributed by atoms with E-state index in [2.05, 4.69) is 20.4 Å². The second-order valence-electron chi connectivity index (χ2n) is 5.87. The average molecular weight is 358 g/mol. The lowest BCUT2D eigenvalue weighted by molar-refractivity contribution is -0.137. The number of nitrogens with zero attached hydrogens (tertiary/aromatic N) is 3. The van der Waals surface area contributed by atoms with E-state index in [0.29, 0.717) is 30.2 Å². The third-order valence-electron chi connectivity index (χ3n) is 4.04. The average Bonchev–Trinajstić information content (AvgIpc) is 3.28. The van der Waals surface area contributed by atoms with Gasteiger partial charge in [0.1, 0.15) is 0 Å². The van der Waals surface area contributed by atoms with Gasteiger partial charge in [-0.2, -0.15) is 18.3 Å². The molecule has 0 unspecified atom stereocenters. The molecule has 2 aromatic heterocycles. The van der Waals surface area contributed by atoms with E-state index >= 15 is 0 Å². The number of aromatic amines is 1. The molecule has 0 spiro atoms. The van der Waals surface area contributed by atoms with Gasteiger partial charge in [-0.1, -0.05) is 18.2 Å². The molecule has 0 saturated carbocycles. The van der Waals surface area contributed by atoms with Gasteiger partial charge in [0.25, 0.3) is 0 Å². The van der Waals surface area contributed by atoms with Gasteiger partial charge >= 0.3 is 6.18 Å². The summed E-state index contributed by atoms with van der Waals surface area (Å²) in [4.78, 5) is 0. The van der Waals surface area contributed by atoms with Crippen molar-refractivity contribution in [3.8, 4) is 11.5 Å². The quantitative estimate of drug-likeness (QED) is 0.586. The summed E-state index contributed by atoms with van der Waals surface area (Å²) in [6.07, 6.45) is -1.91. The van der Waals surface area contributed by atoms with Crippen LogP contribution < -0.4 is 0 Å². The van der Waals surface area contributed by atoms with Gasteiger partial charge in [-0.25, -0.2) is 0 Å². The fourth-order valence-electron chi connectivity index (χ4n) is 2.70. The van der Waals surface area contributed by atoms with Crippen LogP contribution in [-0.2, 0) is 19.0 Å². The van der Waals surface area contributed by atoms with Crippen molar-refractivity contribution in [2.45, 2.75) is 19.0 Å². The zero-order valence-corrected chi connectivity index (χ0v) is 13.4. The van der Waals surface area contributed by atoms with Crippen LogP contribution in [0.2, 0.25) is 0 Å². The van der Waals surface area contributed by atoms with E-state index in [0.717, 1.165) is 28.6 Å². The summed E-state index contributed by atoms with van der Waals surface area (Å²) in [6, 6.07) is 10.8. The molecule has 132 valence electrons. The van der Waals surface area contributed by atoms with Crippen LogP contribution in [-0.4, -0.2) is 20.4 Å². The Labute approximate surface area is 145 Å². The molecule has 8 heteroatoms. The number of H-pyrrole nitrogens is 1. The highest BCUT2D eigenvalue weighted by molar-refractivity contribution is 5.82. The van der Waals surface area contributed by atoms with E-state index in [-0.39, 0.29) is 0 Å². The Morgan fingerprint density at radius 3 is 2.73 bits per heavy atom. The number of benzene rings is 2. The summed E-state index contributed by atoms with van der Waals surface area (Å²) in [5.74, 6) is 0.747. The third-order valence-corrected chi connectivity index (χ3v) is 4.04. The van der Waals surface area contributed by atoms with Gasteiger partial charge in [-0.05, 0) is 36.2 Å². The number of alkyl halides is 3. The topological polar surface area (TPSA) is 67.6 Å². The van der Waals surface area contributed by atoms with Crippen molar-refractivity contribution >= 4 is 10.9 Å². The minimum absolute atomic E-state index is 0.363. The molecular formula is C18H13F3N4O. The second-order valence-corrected chi connectivity index (χ2v) is 5.87. The SMILES string of the molecule is FC(F)(F)c1cccc(CCc2nnc(-c3ccc4[nH]ncc4c3)o2)c1. The van der Waals surface area contributed by atoms with Crippen molar-refractivity contribution in [1.29, 1.82) is 0 Å². The molecule has 0 amide bonds. The largest absolute Gasteiger partial charge is 0.421 e. The highest BCUT2D eigenvalue weighted by atomic mass is 19.4. The summed E-state index contributed by atoms with van der Waals surface area (Å²) in [6.45, 7) is 0. The van der Waals surface area contributed by atoms with Crippen molar-refractivity contribution < 1.29 is 17.6 Å². The number of hydrogen-bond acceptors (Lipinski definition) is 4. The lowest BCUT2D eigenvalue weighted by Gasteiger charge is -2.07. The fourth-order valence-corrected chi connectivity index (χ4v) is 2.70. The molecule has 5 nitrogen and oxygen atoms in total.